The van der Waals surface area contributed by atoms with E-state index in [4.69, 9.17) is 5.26 Å². The molecule has 0 saturated carbocycles. The first-order chi connectivity index (χ1) is 9.16. The highest BCUT2D eigenvalue weighted by Gasteiger charge is 2.32. The van der Waals surface area contributed by atoms with Crippen LogP contribution in [0.25, 0.3) is 0 Å². The molecule has 1 heterocycles. The molecule has 0 unspecified atom stereocenters. The second kappa shape index (κ2) is 4.04. The molecule has 0 amide bonds. The number of aliphatic imine (C=N–C) groups is 1. The molecule has 0 aliphatic carbocycles. The molecule has 1 aliphatic heterocycles. The largest absolute Gasteiger partial charge is 0.218 e. The van der Waals surface area contributed by atoms with Crippen LogP contribution in [0.2, 0.25) is 0 Å². The Morgan fingerprint density at radius 2 is 1.37 bits per heavy atom. The van der Waals surface area contributed by atoms with Gasteiger partial charge < -0.3 is 0 Å². The molecule has 0 radical (unpaired) electrons. The van der Waals surface area contributed by atoms with E-state index < -0.39 is 9.84 Å². The van der Waals surface area contributed by atoms with Gasteiger partial charge in [-0.25, -0.2) is 8.42 Å². The lowest BCUT2D eigenvalue weighted by atomic mass is 10.0. The highest BCUT2D eigenvalue weighted by Crippen LogP contribution is 2.34. The second-order valence-electron chi connectivity index (χ2n) is 4.06. The van der Waals surface area contributed by atoms with Crippen molar-refractivity contribution in [3.8, 4) is 6.19 Å². The average Bonchev–Trinajstić information content (AvgIpc) is 2.44. The molecular formula is C14H8N2O2S. The first-order valence-electron chi connectivity index (χ1n) is 5.57. The molecule has 0 aromatic heterocycles. The van der Waals surface area contributed by atoms with Crippen LogP contribution in [0.4, 0.5) is 0 Å². The van der Waals surface area contributed by atoms with E-state index in [2.05, 4.69) is 4.99 Å². The molecule has 0 N–H and O–H groups in total. The fraction of sp³-hybridized carbons (Fsp3) is 0. The maximum absolute atomic E-state index is 12.5. The predicted octanol–water partition coefficient (Wildman–Crippen LogP) is 2.15. The fourth-order valence-corrected chi connectivity index (χ4v) is 3.89. The van der Waals surface area contributed by atoms with Crippen LogP contribution in [0.1, 0.15) is 11.1 Å². The minimum Gasteiger partial charge on any atom is -0.218 e. The van der Waals surface area contributed by atoms with Gasteiger partial charge in [-0.05, 0) is 12.1 Å². The van der Waals surface area contributed by atoms with E-state index in [-0.39, 0.29) is 9.79 Å². The summed E-state index contributed by atoms with van der Waals surface area (Å²) in [6.07, 6.45) is 1.74. The number of hydrogen-bond acceptors (Lipinski definition) is 4. The average molecular weight is 268 g/mol. The van der Waals surface area contributed by atoms with Crippen molar-refractivity contribution in [1.82, 2.24) is 0 Å². The number of nitriles is 1. The SMILES string of the molecule is N#CN=C1c2ccccc2S(=O)(=O)c2ccccc21. The molecule has 4 nitrogen and oxygen atoms in total. The summed E-state index contributed by atoms with van der Waals surface area (Å²) >= 11 is 0. The lowest BCUT2D eigenvalue weighted by Crippen LogP contribution is -2.20. The summed E-state index contributed by atoms with van der Waals surface area (Å²) in [4.78, 5) is 4.18. The summed E-state index contributed by atoms with van der Waals surface area (Å²) in [6, 6.07) is 13.2. The van der Waals surface area contributed by atoms with Crippen molar-refractivity contribution < 1.29 is 8.42 Å². The first kappa shape index (κ1) is 11.6. The van der Waals surface area contributed by atoms with E-state index in [1.807, 2.05) is 0 Å². The number of benzene rings is 2. The van der Waals surface area contributed by atoms with Crippen molar-refractivity contribution >= 4 is 15.5 Å². The van der Waals surface area contributed by atoms with Crippen LogP contribution in [0.5, 0.6) is 0 Å². The van der Waals surface area contributed by atoms with Gasteiger partial charge in [0.2, 0.25) is 16.0 Å². The Balaban J connectivity index is 2.49. The van der Waals surface area contributed by atoms with Crippen LogP contribution in [-0.2, 0) is 9.84 Å². The van der Waals surface area contributed by atoms with Gasteiger partial charge in [0.25, 0.3) is 0 Å². The normalized spacial score (nSPS) is 15.0. The number of sulfone groups is 1. The summed E-state index contributed by atoms with van der Waals surface area (Å²) in [7, 11) is -3.54. The highest BCUT2D eigenvalue weighted by molar-refractivity contribution is 7.91. The zero-order chi connectivity index (χ0) is 13.5. The number of nitrogens with zero attached hydrogens (tertiary/aromatic N) is 2. The quantitative estimate of drug-likeness (QED) is 0.586. The third-order valence-corrected chi connectivity index (χ3v) is 4.90. The molecular weight excluding hydrogens is 260 g/mol. The van der Waals surface area contributed by atoms with Crippen molar-refractivity contribution in [1.29, 1.82) is 5.26 Å². The first-order valence-corrected chi connectivity index (χ1v) is 7.05. The Labute approximate surface area is 110 Å². The maximum atomic E-state index is 12.5. The Hall–Kier alpha value is -2.45. The van der Waals surface area contributed by atoms with E-state index in [1.54, 1.807) is 42.6 Å². The highest BCUT2D eigenvalue weighted by atomic mass is 32.2. The van der Waals surface area contributed by atoms with Gasteiger partial charge in [0, 0.05) is 11.1 Å². The van der Waals surface area contributed by atoms with Crippen molar-refractivity contribution in [3.05, 3.63) is 59.7 Å². The van der Waals surface area contributed by atoms with Crippen LogP contribution in [0.15, 0.2) is 63.3 Å². The number of rotatable bonds is 0. The molecule has 1 aliphatic rings. The Morgan fingerprint density at radius 1 is 0.895 bits per heavy atom. The van der Waals surface area contributed by atoms with Gasteiger partial charge >= 0.3 is 0 Å². The molecule has 2 aromatic carbocycles. The minimum absolute atomic E-state index is 0.197. The van der Waals surface area contributed by atoms with E-state index in [9.17, 15) is 8.42 Å². The zero-order valence-corrected chi connectivity index (χ0v) is 10.6. The molecule has 2 aromatic rings. The maximum Gasteiger partial charge on any atom is 0.207 e. The third kappa shape index (κ3) is 1.58. The lowest BCUT2D eigenvalue weighted by molar-refractivity contribution is 0.595. The van der Waals surface area contributed by atoms with Crippen molar-refractivity contribution in [2.75, 3.05) is 0 Å². The summed E-state index contributed by atoms with van der Waals surface area (Å²) in [5.41, 5.74) is 1.36. The Bertz CT molecular complexity index is 790. The topological polar surface area (TPSA) is 70.3 Å². The monoisotopic (exact) mass is 268 g/mol. The van der Waals surface area contributed by atoms with Gasteiger partial charge in [-0.1, -0.05) is 36.4 Å². The smallest absolute Gasteiger partial charge is 0.207 e. The lowest BCUT2D eigenvalue weighted by Gasteiger charge is -2.20. The number of fused-ring (bicyclic) bond motifs is 2. The summed E-state index contributed by atoms with van der Waals surface area (Å²) in [6.45, 7) is 0. The van der Waals surface area contributed by atoms with Crippen molar-refractivity contribution in [2.24, 2.45) is 4.99 Å². The fourth-order valence-electron chi connectivity index (χ4n) is 2.23. The standard InChI is InChI=1S/C14H8N2O2S/c15-9-16-14-10-5-1-3-7-12(10)19(17,18)13-8-4-2-6-11(13)14/h1-8H. The van der Waals surface area contributed by atoms with Crippen molar-refractivity contribution in [3.63, 3.8) is 0 Å². The van der Waals surface area contributed by atoms with Gasteiger partial charge in [-0.15, -0.1) is 0 Å². The van der Waals surface area contributed by atoms with Gasteiger partial charge in [-0.3, -0.25) is 0 Å². The zero-order valence-electron chi connectivity index (χ0n) is 9.74. The van der Waals surface area contributed by atoms with Gasteiger partial charge in [0.05, 0.1) is 15.5 Å². The van der Waals surface area contributed by atoms with E-state index in [0.717, 1.165) is 0 Å². The minimum atomic E-state index is -3.54. The van der Waals surface area contributed by atoms with Crippen LogP contribution in [-0.4, -0.2) is 14.1 Å². The molecule has 19 heavy (non-hydrogen) atoms. The molecule has 0 spiro atoms. The summed E-state index contributed by atoms with van der Waals surface area (Å²) in [5.74, 6) is 0. The molecule has 5 heteroatoms. The van der Waals surface area contributed by atoms with Crippen LogP contribution >= 0.6 is 0 Å². The Kier molecular flexibility index (Phi) is 2.47. The van der Waals surface area contributed by atoms with Gasteiger partial charge in [-0.2, -0.15) is 10.3 Å². The van der Waals surface area contributed by atoms with Crippen LogP contribution < -0.4 is 0 Å². The third-order valence-electron chi connectivity index (χ3n) is 3.03. The summed E-state index contributed by atoms with van der Waals surface area (Å²) in [5, 5.41) is 8.81. The molecule has 0 fully saturated rings. The van der Waals surface area contributed by atoms with E-state index in [0.29, 0.717) is 16.8 Å². The number of hydrogen-bond donors (Lipinski definition) is 0. The molecule has 0 bridgehead atoms. The molecule has 0 saturated heterocycles. The second-order valence-corrected chi connectivity index (χ2v) is 5.94. The predicted molar refractivity (Wildman–Crippen MR) is 69.6 cm³/mol. The van der Waals surface area contributed by atoms with E-state index in [1.165, 1.54) is 12.1 Å². The van der Waals surface area contributed by atoms with Gasteiger partial charge in [0.1, 0.15) is 0 Å². The molecule has 92 valence electrons. The van der Waals surface area contributed by atoms with Crippen LogP contribution in [0, 0.1) is 11.5 Å². The molecule has 3 rings (SSSR count). The van der Waals surface area contributed by atoms with E-state index >= 15 is 0 Å². The van der Waals surface area contributed by atoms with Gasteiger partial charge in [0.15, 0.2) is 0 Å². The molecule has 0 atom stereocenters. The summed E-state index contributed by atoms with van der Waals surface area (Å²) < 4.78 is 25.0. The van der Waals surface area contributed by atoms with Crippen LogP contribution in [0.3, 0.4) is 0 Å². The van der Waals surface area contributed by atoms with Crippen molar-refractivity contribution in [2.45, 2.75) is 9.79 Å². The Morgan fingerprint density at radius 3 is 1.84 bits per heavy atom.